The van der Waals surface area contributed by atoms with E-state index < -0.39 is 0 Å². The third-order valence-electron chi connectivity index (χ3n) is 4.86. The van der Waals surface area contributed by atoms with Gasteiger partial charge < -0.3 is 5.32 Å². The summed E-state index contributed by atoms with van der Waals surface area (Å²) in [6.45, 7) is 8.21. The molecule has 0 fully saturated rings. The van der Waals surface area contributed by atoms with E-state index in [0.717, 1.165) is 33.3 Å². The van der Waals surface area contributed by atoms with Crippen molar-refractivity contribution >= 4 is 39.4 Å². The van der Waals surface area contributed by atoms with Crippen LogP contribution in [0.5, 0.6) is 0 Å². The first-order chi connectivity index (χ1) is 12.9. The van der Waals surface area contributed by atoms with Crippen molar-refractivity contribution in [3.05, 3.63) is 68.9 Å². The van der Waals surface area contributed by atoms with E-state index in [4.69, 9.17) is 16.6 Å². The maximum absolute atomic E-state index is 14.7. The topological polar surface area (TPSA) is 29.3 Å². The fourth-order valence-electron chi connectivity index (χ4n) is 3.29. The van der Waals surface area contributed by atoms with Gasteiger partial charge in [0, 0.05) is 16.3 Å². The van der Waals surface area contributed by atoms with Crippen LogP contribution in [0.3, 0.4) is 0 Å². The van der Waals surface area contributed by atoms with Crippen LogP contribution in [0.4, 0.5) is 15.9 Å². The van der Waals surface area contributed by atoms with E-state index in [-0.39, 0.29) is 5.82 Å². The largest absolute Gasteiger partial charge is 0.339 e. The van der Waals surface area contributed by atoms with Crippen molar-refractivity contribution in [3.63, 3.8) is 0 Å². The number of aryl methyl sites for hydroxylation is 4. The number of anilines is 2. The lowest BCUT2D eigenvalue weighted by Gasteiger charge is -2.15. The zero-order valence-corrected chi connectivity index (χ0v) is 17.1. The molecule has 0 bridgehead atoms. The number of benzene rings is 2. The van der Waals surface area contributed by atoms with Gasteiger partial charge in [-0.25, -0.2) is 9.37 Å². The van der Waals surface area contributed by atoms with Crippen molar-refractivity contribution in [2.45, 2.75) is 27.7 Å². The van der Waals surface area contributed by atoms with Gasteiger partial charge in [0.1, 0.15) is 17.3 Å². The zero-order chi connectivity index (χ0) is 19.3. The molecular weight excluding hydrogens is 381 g/mol. The lowest BCUT2D eigenvalue weighted by molar-refractivity contribution is 0.631. The Morgan fingerprint density at radius 3 is 2.37 bits per heavy atom. The second-order valence-electron chi connectivity index (χ2n) is 6.66. The quantitative estimate of drug-likeness (QED) is 0.409. The van der Waals surface area contributed by atoms with Gasteiger partial charge in [-0.05, 0) is 51.0 Å². The first-order valence-corrected chi connectivity index (χ1v) is 9.84. The van der Waals surface area contributed by atoms with Crippen LogP contribution in [0.15, 0.2) is 36.4 Å². The van der Waals surface area contributed by atoms with Gasteiger partial charge in [0.2, 0.25) is 0 Å². The molecule has 6 heteroatoms. The van der Waals surface area contributed by atoms with E-state index in [9.17, 15) is 4.39 Å². The van der Waals surface area contributed by atoms with Crippen LogP contribution in [-0.2, 0) is 0 Å². The maximum atomic E-state index is 14.7. The minimum Gasteiger partial charge on any atom is -0.339 e. The van der Waals surface area contributed by atoms with E-state index in [1.54, 1.807) is 23.5 Å². The average Bonchev–Trinajstić information content (AvgIpc) is 3.08. The van der Waals surface area contributed by atoms with Crippen LogP contribution < -0.4 is 5.32 Å². The molecule has 0 aliphatic carbocycles. The predicted octanol–water partition coefficient (Wildman–Crippen LogP) is 6.83. The monoisotopic (exact) mass is 399 g/mol. The molecule has 1 N–H and O–H groups in total. The maximum Gasteiger partial charge on any atom is 0.196 e. The third-order valence-corrected chi connectivity index (χ3v) is 6.23. The summed E-state index contributed by atoms with van der Waals surface area (Å²) in [5.41, 5.74) is 5.14. The van der Waals surface area contributed by atoms with Gasteiger partial charge in [0.05, 0.1) is 10.6 Å². The van der Waals surface area contributed by atoms with Gasteiger partial charge in [-0.2, -0.15) is 0 Å². The molecule has 4 rings (SSSR count). The van der Waals surface area contributed by atoms with Crippen LogP contribution in [0.2, 0.25) is 5.02 Å². The molecule has 27 heavy (non-hydrogen) atoms. The van der Waals surface area contributed by atoms with Crippen LogP contribution in [0.1, 0.15) is 21.7 Å². The molecule has 2 aromatic heterocycles. The number of nitrogens with zero attached hydrogens (tertiary/aromatic N) is 2. The summed E-state index contributed by atoms with van der Waals surface area (Å²) in [6, 6.07) is 10.8. The lowest BCUT2D eigenvalue weighted by Crippen LogP contribution is -2.02. The van der Waals surface area contributed by atoms with Crippen molar-refractivity contribution in [2.24, 2.45) is 0 Å². The number of thiazole rings is 1. The molecule has 0 unspecified atom stereocenters. The molecule has 2 aromatic carbocycles. The van der Waals surface area contributed by atoms with Crippen LogP contribution >= 0.6 is 22.9 Å². The van der Waals surface area contributed by atoms with Crippen molar-refractivity contribution in [1.29, 1.82) is 0 Å². The normalized spacial score (nSPS) is 11.3. The summed E-state index contributed by atoms with van der Waals surface area (Å²) in [6.07, 6.45) is 0. The molecule has 0 radical (unpaired) electrons. The highest BCUT2D eigenvalue weighted by Gasteiger charge is 2.23. The Labute approximate surface area is 166 Å². The Morgan fingerprint density at radius 1 is 1.04 bits per heavy atom. The second-order valence-corrected chi connectivity index (χ2v) is 8.25. The third kappa shape index (κ3) is 2.91. The fourth-order valence-corrected chi connectivity index (χ4v) is 4.51. The molecule has 0 aliphatic heterocycles. The number of halogens is 2. The molecule has 0 saturated heterocycles. The van der Waals surface area contributed by atoms with Crippen molar-refractivity contribution in [2.75, 3.05) is 5.32 Å². The van der Waals surface area contributed by atoms with Gasteiger partial charge in [0.15, 0.2) is 4.96 Å². The van der Waals surface area contributed by atoms with E-state index in [2.05, 4.69) is 38.2 Å². The van der Waals surface area contributed by atoms with Crippen LogP contribution in [-0.4, -0.2) is 9.38 Å². The van der Waals surface area contributed by atoms with Crippen molar-refractivity contribution < 1.29 is 4.39 Å². The molecule has 138 valence electrons. The fraction of sp³-hybridized carbons (Fsp3) is 0.190. The number of nitrogens with one attached hydrogen (secondary N) is 1. The number of para-hydroxylation sites is 1. The molecule has 0 saturated carbocycles. The molecule has 3 nitrogen and oxygen atoms in total. The molecule has 0 spiro atoms. The number of aromatic nitrogens is 2. The van der Waals surface area contributed by atoms with E-state index in [0.29, 0.717) is 16.3 Å². The highest BCUT2D eigenvalue weighted by molar-refractivity contribution is 7.17. The Kier molecular flexibility index (Phi) is 4.44. The Hall–Kier alpha value is -2.37. The minimum absolute atomic E-state index is 0.320. The molecule has 0 atom stereocenters. The van der Waals surface area contributed by atoms with Gasteiger partial charge in [-0.3, -0.25) is 4.40 Å². The molecular formula is C21H19ClFN3S. The Balaban J connectivity index is 2.02. The number of rotatable bonds is 3. The van der Waals surface area contributed by atoms with Gasteiger partial charge in [-0.1, -0.05) is 35.9 Å². The first kappa shape index (κ1) is 18.0. The summed E-state index contributed by atoms with van der Waals surface area (Å²) >= 11 is 7.94. The Morgan fingerprint density at radius 2 is 1.70 bits per heavy atom. The smallest absolute Gasteiger partial charge is 0.196 e. The summed E-state index contributed by atoms with van der Waals surface area (Å²) in [5.74, 6) is 0.350. The van der Waals surface area contributed by atoms with Gasteiger partial charge in [0.25, 0.3) is 0 Å². The highest BCUT2D eigenvalue weighted by Crippen LogP contribution is 2.40. The van der Waals surface area contributed by atoms with E-state index >= 15 is 0 Å². The van der Waals surface area contributed by atoms with Crippen molar-refractivity contribution in [1.82, 2.24) is 9.38 Å². The van der Waals surface area contributed by atoms with Crippen LogP contribution in [0, 0.1) is 33.5 Å². The molecule has 4 aromatic rings. The molecule has 0 aliphatic rings. The van der Waals surface area contributed by atoms with Gasteiger partial charge >= 0.3 is 0 Å². The second kappa shape index (κ2) is 6.66. The average molecular weight is 400 g/mol. The number of hydrogen-bond donors (Lipinski definition) is 1. The first-order valence-electron chi connectivity index (χ1n) is 8.64. The summed E-state index contributed by atoms with van der Waals surface area (Å²) < 4.78 is 16.7. The minimum atomic E-state index is -0.382. The summed E-state index contributed by atoms with van der Waals surface area (Å²) in [5, 5.41) is 3.87. The zero-order valence-electron chi connectivity index (χ0n) is 15.5. The molecule has 0 amide bonds. The molecule has 2 heterocycles. The van der Waals surface area contributed by atoms with E-state index in [1.165, 1.54) is 10.9 Å². The standard InChI is InChI=1S/C21H19ClFN3S/c1-11-7-5-8-12(2)18(11)24-20-19(17-15(22)9-6-10-16(17)23)25-21-26(20)13(3)14(4)27-21/h5-10,24H,1-4H3. The number of imidazole rings is 1. The lowest BCUT2D eigenvalue weighted by atomic mass is 10.1. The van der Waals surface area contributed by atoms with Gasteiger partial charge in [-0.15, -0.1) is 11.3 Å². The summed E-state index contributed by atoms with van der Waals surface area (Å²) in [7, 11) is 0. The number of fused-ring (bicyclic) bond motifs is 1. The summed E-state index contributed by atoms with van der Waals surface area (Å²) in [4.78, 5) is 6.72. The van der Waals surface area contributed by atoms with Crippen molar-refractivity contribution in [3.8, 4) is 11.3 Å². The highest BCUT2D eigenvalue weighted by atomic mass is 35.5. The number of hydrogen-bond acceptors (Lipinski definition) is 3. The predicted molar refractivity (Wildman–Crippen MR) is 112 cm³/mol. The van der Waals surface area contributed by atoms with E-state index in [1.807, 2.05) is 17.4 Å². The Bertz CT molecular complexity index is 1140. The van der Waals surface area contributed by atoms with Crippen LogP contribution in [0.25, 0.3) is 16.2 Å². The SMILES string of the molecule is Cc1cccc(C)c1Nc1c(-c2c(F)cccc2Cl)nc2sc(C)c(C)n12.